The van der Waals surface area contributed by atoms with Crippen LogP contribution in [0.4, 0.5) is 0 Å². The zero-order valence-electron chi connectivity index (χ0n) is 16.7. The SMILES string of the molecule is CCNC(=NCCNC(=O)c1ccccc1Cl)N1CCOC(C2CCCO2)C1.I. The summed E-state index contributed by atoms with van der Waals surface area (Å²) in [5, 5.41) is 6.66. The molecule has 1 aromatic carbocycles. The molecule has 0 bridgehead atoms. The number of nitrogens with one attached hydrogen (secondary N) is 2. The smallest absolute Gasteiger partial charge is 0.252 e. The Morgan fingerprint density at radius 3 is 2.76 bits per heavy atom. The lowest BCUT2D eigenvalue weighted by molar-refractivity contribution is -0.0817. The highest BCUT2D eigenvalue weighted by Crippen LogP contribution is 2.21. The van der Waals surface area contributed by atoms with Gasteiger partial charge in [-0.25, -0.2) is 0 Å². The third-order valence-electron chi connectivity index (χ3n) is 4.88. The van der Waals surface area contributed by atoms with Crippen LogP contribution in [-0.2, 0) is 9.47 Å². The lowest BCUT2D eigenvalue weighted by Crippen LogP contribution is -2.53. The maximum atomic E-state index is 12.2. The van der Waals surface area contributed by atoms with Gasteiger partial charge in [-0.2, -0.15) is 0 Å². The number of morpholine rings is 1. The van der Waals surface area contributed by atoms with Crippen LogP contribution in [0.5, 0.6) is 0 Å². The molecule has 2 N–H and O–H groups in total. The maximum absolute atomic E-state index is 12.2. The van der Waals surface area contributed by atoms with Crippen LogP contribution in [-0.4, -0.2) is 74.9 Å². The van der Waals surface area contributed by atoms with Gasteiger partial charge in [-0.1, -0.05) is 23.7 Å². The summed E-state index contributed by atoms with van der Waals surface area (Å²) in [4.78, 5) is 19.1. The van der Waals surface area contributed by atoms with Gasteiger partial charge in [0.2, 0.25) is 0 Å². The fourth-order valence-electron chi connectivity index (χ4n) is 3.49. The molecule has 0 aliphatic carbocycles. The molecule has 1 aromatic rings. The van der Waals surface area contributed by atoms with Crippen molar-refractivity contribution in [2.75, 3.05) is 45.9 Å². The highest BCUT2D eigenvalue weighted by atomic mass is 127. The first-order valence-corrected chi connectivity index (χ1v) is 10.4. The first-order chi connectivity index (χ1) is 13.7. The molecule has 0 aromatic heterocycles. The molecule has 0 saturated carbocycles. The van der Waals surface area contributed by atoms with E-state index < -0.39 is 0 Å². The van der Waals surface area contributed by atoms with Crippen LogP contribution in [0, 0.1) is 0 Å². The maximum Gasteiger partial charge on any atom is 0.252 e. The molecule has 2 unspecified atom stereocenters. The predicted octanol–water partition coefficient (Wildman–Crippen LogP) is 2.53. The molecule has 2 atom stereocenters. The van der Waals surface area contributed by atoms with Crippen molar-refractivity contribution in [2.24, 2.45) is 4.99 Å². The minimum atomic E-state index is -0.185. The largest absolute Gasteiger partial charge is 0.375 e. The number of nitrogens with zero attached hydrogens (tertiary/aromatic N) is 2. The molecule has 7 nitrogen and oxygen atoms in total. The summed E-state index contributed by atoms with van der Waals surface area (Å²) in [6.45, 7) is 6.81. The number of benzene rings is 1. The van der Waals surface area contributed by atoms with Crippen molar-refractivity contribution in [1.29, 1.82) is 0 Å². The van der Waals surface area contributed by atoms with E-state index in [0.717, 1.165) is 45.0 Å². The number of guanidine groups is 1. The number of amides is 1. The second-order valence-corrected chi connectivity index (χ2v) is 7.29. The third kappa shape index (κ3) is 6.97. The van der Waals surface area contributed by atoms with E-state index in [2.05, 4.69) is 20.5 Å². The van der Waals surface area contributed by atoms with Gasteiger partial charge in [0, 0.05) is 32.8 Å². The van der Waals surface area contributed by atoms with E-state index >= 15 is 0 Å². The Balaban J connectivity index is 0.00000300. The van der Waals surface area contributed by atoms with Crippen LogP contribution in [0.25, 0.3) is 0 Å². The fourth-order valence-corrected chi connectivity index (χ4v) is 3.71. The van der Waals surface area contributed by atoms with Crippen LogP contribution in [0.2, 0.25) is 5.02 Å². The van der Waals surface area contributed by atoms with E-state index in [1.807, 2.05) is 6.92 Å². The highest BCUT2D eigenvalue weighted by molar-refractivity contribution is 14.0. The molecule has 2 fully saturated rings. The molecule has 2 saturated heterocycles. The topological polar surface area (TPSA) is 75.2 Å². The van der Waals surface area contributed by atoms with Crippen molar-refractivity contribution in [1.82, 2.24) is 15.5 Å². The predicted molar refractivity (Wildman–Crippen MR) is 125 cm³/mol. The van der Waals surface area contributed by atoms with Crippen LogP contribution >= 0.6 is 35.6 Å². The summed E-state index contributed by atoms with van der Waals surface area (Å²) in [5.74, 6) is 0.663. The van der Waals surface area contributed by atoms with E-state index in [9.17, 15) is 4.79 Å². The molecule has 29 heavy (non-hydrogen) atoms. The number of carbonyl (C=O) groups is 1. The molecule has 9 heteroatoms. The number of ether oxygens (including phenoxy) is 2. The minimum absolute atomic E-state index is 0. The Kier molecular flexibility index (Phi) is 10.5. The second-order valence-electron chi connectivity index (χ2n) is 6.88. The molecular weight excluding hydrogens is 507 g/mol. The molecule has 2 aliphatic heterocycles. The van der Waals surface area contributed by atoms with E-state index in [1.54, 1.807) is 24.3 Å². The third-order valence-corrected chi connectivity index (χ3v) is 5.21. The summed E-state index contributed by atoms with van der Waals surface area (Å²) in [5.41, 5.74) is 0.479. The van der Waals surface area contributed by atoms with Crippen molar-refractivity contribution in [3.63, 3.8) is 0 Å². The molecule has 3 rings (SSSR count). The molecular formula is C20H30ClIN4O3. The highest BCUT2D eigenvalue weighted by Gasteiger charge is 2.32. The van der Waals surface area contributed by atoms with Gasteiger partial charge in [0.05, 0.1) is 29.8 Å². The standard InChI is InChI=1S/C20H29ClN4O3.HI/c1-2-22-20(25-11-13-28-18(14-25)17-8-5-12-27-17)24-10-9-23-19(26)15-6-3-4-7-16(15)21;/h3-4,6-7,17-18H,2,5,8-14H2,1H3,(H,22,24)(H,23,26);1H. The fraction of sp³-hybridized carbons (Fsp3) is 0.600. The van der Waals surface area contributed by atoms with E-state index in [0.29, 0.717) is 30.3 Å². The Morgan fingerprint density at radius 1 is 1.24 bits per heavy atom. The minimum Gasteiger partial charge on any atom is -0.375 e. The van der Waals surface area contributed by atoms with Gasteiger partial charge >= 0.3 is 0 Å². The Hall–Kier alpha value is -1.10. The Labute approximate surface area is 194 Å². The van der Waals surface area contributed by atoms with Gasteiger partial charge in [0.1, 0.15) is 6.10 Å². The van der Waals surface area contributed by atoms with Crippen LogP contribution in [0.1, 0.15) is 30.1 Å². The zero-order valence-corrected chi connectivity index (χ0v) is 19.8. The van der Waals surface area contributed by atoms with E-state index in [1.165, 1.54) is 0 Å². The summed E-state index contributed by atoms with van der Waals surface area (Å²) >= 11 is 6.07. The monoisotopic (exact) mass is 536 g/mol. The Bertz CT molecular complexity index is 685. The normalized spacial score (nSPS) is 22.1. The first kappa shape index (κ1) is 24.2. The zero-order chi connectivity index (χ0) is 19.8. The van der Waals surface area contributed by atoms with Gasteiger partial charge < -0.3 is 25.0 Å². The van der Waals surface area contributed by atoms with Crippen LogP contribution in [0.15, 0.2) is 29.3 Å². The van der Waals surface area contributed by atoms with Gasteiger partial charge in [-0.3, -0.25) is 9.79 Å². The lowest BCUT2D eigenvalue weighted by atomic mass is 10.1. The first-order valence-electron chi connectivity index (χ1n) is 9.98. The average molecular weight is 537 g/mol. The van der Waals surface area contributed by atoms with Crippen molar-refractivity contribution < 1.29 is 14.3 Å². The van der Waals surface area contributed by atoms with E-state index in [-0.39, 0.29) is 42.1 Å². The number of aliphatic imine (C=N–C) groups is 1. The van der Waals surface area contributed by atoms with Crippen LogP contribution < -0.4 is 10.6 Å². The number of rotatable bonds is 6. The molecule has 2 aliphatic rings. The van der Waals surface area contributed by atoms with Crippen molar-refractivity contribution in [3.05, 3.63) is 34.9 Å². The number of hydrogen-bond donors (Lipinski definition) is 2. The second kappa shape index (κ2) is 12.6. The van der Waals surface area contributed by atoms with Crippen molar-refractivity contribution in [2.45, 2.75) is 32.0 Å². The van der Waals surface area contributed by atoms with Crippen molar-refractivity contribution in [3.8, 4) is 0 Å². The molecule has 0 radical (unpaired) electrons. The van der Waals surface area contributed by atoms with Crippen molar-refractivity contribution >= 4 is 47.4 Å². The van der Waals surface area contributed by atoms with Crippen LogP contribution in [0.3, 0.4) is 0 Å². The van der Waals surface area contributed by atoms with Gasteiger partial charge in [0.15, 0.2) is 5.96 Å². The molecule has 1 amide bonds. The van der Waals surface area contributed by atoms with Gasteiger partial charge in [0.25, 0.3) is 5.91 Å². The molecule has 0 spiro atoms. The number of carbonyl (C=O) groups excluding carboxylic acids is 1. The Morgan fingerprint density at radius 2 is 2.03 bits per heavy atom. The number of hydrogen-bond acceptors (Lipinski definition) is 4. The number of halogens is 2. The van der Waals surface area contributed by atoms with Gasteiger partial charge in [-0.15, -0.1) is 24.0 Å². The summed E-state index contributed by atoms with van der Waals surface area (Å²) in [6, 6.07) is 7.02. The molecule has 2 heterocycles. The quantitative estimate of drug-likeness (QED) is 0.253. The lowest BCUT2D eigenvalue weighted by Gasteiger charge is -2.37. The summed E-state index contributed by atoms with van der Waals surface area (Å²) in [7, 11) is 0. The summed E-state index contributed by atoms with van der Waals surface area (Å²) < 4.78 is 11.7. The van der Waals surface area contributed by atoms with Gasteiger partial charge in [-0.05, 0) is 31.9 Å². The average Bonchev–Trinajstić information content (AvgIpc) is 3.25. The van der Waals surface area contributed by atoms with E-state index in [4.69, 9.17) is 21.1 Å². The summed E-state index contributed by atoms with van der Waals surface area (Å²) in [6.07, 6.45) is 2.42. The molecule has 162 valence electrons.